The Hall–Kier alpha value is -0.610. The number of nitrogens with two attached hydrogens (primary N) is 1. The van der Waals surface area contributed by atoms with E-state index in [4.69, 9.17) is 5.73 Å². The van der Waals surface area contributed by atoms with Crippen molar-refractivity contribution < 1.29 is 9.53 Å². The highest BCUT2D eigenvalue weighted by Gasteiger charge is 2.21. The van der Waals surface area contributed by atoms with E-state index in [1.54, 1.807) is 0 Å². The lowest BCUT2D eigenvalue weighted by molar-refractivity contribution is -0.142. The molecule has 0 saturated carbocycles. The molecular weight excluding hydrogens is 168 g/mol. The molecule has 1 saturated heterocycles. The second-order valence-corrected chi connectivity index (χ2v) is 3.58. The summed E-state index contributed by atoms with van der Waals surface area (Å²) in [5.74, 6) is 0.230. The molecule has 0 aliphatic carbocycles. The highest BCUT2D eigenvalue weighted by atomic mass is 16.5. The minimum absolute atomic E-state index is 0.300. The lowest BCUT2D eigenvalue weighted by atomic mass is 9.93. The maximum atomic E-state index is 11.0. The third-order valence-electron chi connectivity index (χ3n) is 2.49. The van der Waals surface area contributed by atoms with Crippen molar-refractivity contribution in [3.8, 4) is 0 Å². The first-order valence-corrected chi connectivity index (χ1v) is 4.78. The first-order chi connectivity index (χ1) is 6.24. The van der Waals surface area contributed by atoms with Crippen LogP contribution in [0.5, 0.6) is 0 Å². The number of ether oxygens (including phenoxy) is 1. The molecule has 0 radical (unpaired) electrons. The van der Waals surface area contributed by atoms with E-state index in [1.165, 1.54) is 13.5 Å². The number of rotatable bonds is 3. The average molecular weight is 186 g/mol. The zero-order chi connectivity index (χ0) is 9.68. The summed E-state index contributed by atoms with van der Waals surface area (Å²) in [6.07, 6.45) is 3.08. The van der Waals surface area contributed by atoms with Crippen molar-refractivity contribution in [2.45, 2.75) is 25.3 Å². The van der Waals surface area contributed by atoms with Crippen molar-refractivity contribution in [2.24, 2.45) is 11.7 Å². The van der Waals surface area contributed by atoms with Gasteiger partial charge < -0.3 is 15.8 Å². The Morgan fingerprint density at radius 3 is 3.08 bits per heavy atom. The smallest absolute Gasteiger partial charge is 0.322 e. The molecular formula is C9H18N2O2. The molecule has 2 atom stereocenters. The summed E-state index contributed by atoms with van der Waals surface area (Å²) < 4.78 is 4.57. The van der Waals surface area contributed by atoms with Gasteiger partial charge in [0.05, 0.1) is 7.11 Å². The zero-order valence-corrected chi connectivity index (χ0v) is 8.08. The number of carbonyl (C=O) groups excluding carboxylic acids is 1. The number of hydrogen-bond donors (Lipinski definition) is 2. The van der Waals surface area contributed by atoms with E-state index >= 15 is 0 Å². The Balaban J connectivity index is 2.25. The van der Waals surface area contributed by atoms with Crippen LogP contribution in [0.2, 0.25) is 0 Å². The Morgan fingerprint density at radius 1 is 1.77 bits per heavy atom. The third-order valence-corrected chi connectivity index (χ3v) is 2.49. The molecule has 1 fully saturated rings. The molecule has 0 aromatic rings. The minimum atomic E-state index is -0.449. The molecule has 4 nitrogen and oxygen atoms in total. The highest BCUT2D eigenvalue weighted by molar-refractivity contribution is 5.75. The number of carbonyl (C=O) groups is 1. The standard InChI is InChI=1S/C9H18N2O2/c1-13-9(12)8(10)5-7-3-2-4-11-6-7/h7-8,11H,2-6,10H2,1H3. The summed E-state index contributed by atoms with van der Waals surface area (Å²) in [5.41, 5.74) is 5.66. The van der Waals surface area contributed by atoms with Gasteiger partial charge >= 0.3 is 5.97 Å². The average Bonchev–Trinajstić information content (AvgIpc) is 2.18. The van der Waals surface area contributed by atoms with Crippen molar-refractivity contribution in [1.29, 1.82) is 0 Å². The van der Waals surface area contributed by atoms with Crippen molar-refractivity contribution >= 4 is 5.97 Å². The molecule has 13 heavy (non-hydrogen) atoms. The van der Waals surface area contributed by atoms with E-state index in [9.17, 15) is 4.79 Å². The van der Waals surface area contributed by atoms with Crippen molar-refractivity contribution in [2.75, 3.05) is 20.2 Å². The summed E-state index contributed by atoms with van der Waals surface area (Å²) in [5, 5.41) is 3.29. The largest absolute Gasteiger partial charge is 0.468 e. The van der Waals surface area contributed by atoms with E-state index in [2.05, 4.69) is 10.1 Å². The third kappa shape index (κ3) is 3.32. The molecule has 0 aromatic heterocycles. The number of hydrogen-bond acceptors (Lipinski definition) is 4. The lowest BCUT2D eigenvalue weighted by Crippen LogP contribution is -2.38. The maximum Gasteiger partial charge on any atom is 0.322 e. The van der Waals surface area contributed by atoms with E-state index in [1.807, 2.05) is 0 Å². The monoisotopic (exact) mass is 186 g/mol. The molecule has 3 N–H and O–H groups in total. The van der Waals surface area contributed by atoms with E-state index in [0.29, 0.717) is 5.92 Å². The molecule has 76 valence electrons. The molecule has 0 amide bonds. The fourth-order valence-electron chi connectivity index (χ4n) is 1.73. The quantitative estimate of drug-likeness (QED) is 0.603. The molecule has 0 bridgehead atoms. The summed E-state index contributed by atoms with van der Waals surface area (Å²) in [6.45, 7) is 2.06. The van der Waals surface area contributed by atoms with Gasteiger partial charge in [0.25, 0.3) is 0 Å². The second kappa shape index (κ2) is 5.19. The summed E-state index contributed by atoms with van der Waals surface area (Å²) >= 11 is 0. The van der Waals surface area contributed by atoms with Gasteiger partial charge in [0, 0.05) is 0 Å². The molecule has 0 spiro atoms. The van der Waals surface area contributed by atoms with Gasteiger partial charge in [-0.15, -0.1) is 0 Å². The van der Waals surface area contributed by atoms with Gasteiger partial charge in [0.15, 0.2) is 0 Å². The van der Waals surface area contributed by atoms with E-state index in [-0.39, 0.29) is 5.97 Å². The first kappa shape index (κ1) is 10.5. The predicted octanol–water partition coefficient (Wildman–Crippen LogP) is -0.124. The highest BCUT2D eigenvalue weighted by Crippen LogP contribution is 2.15. The lowest BCUT2D eigenvalue weighted by Gasteiger charge is -2.24. The maximum absolute atomic E-state index is 11.0. The summed E-state index contributed by atoms with van der Waals surface area (Å²) in [6, 6.07) is -0.449. The second-order valence-electron chi connectivity index (χ2n) is 3.58. The van der Waals surface area contributed by atoms with Crippen LogP contribution in [0.15, 0.2) is 0 Å². The van der Waals surface area contributed by atoms with Gasteiger partial charge in [-0.25, -0.2) is 0 Å². The molecule has 4 heteroatoms. The van der Waals surface area contributed by atoms with Gasteiger partial charge in [0.2, 0.25) is 0 Å². The summed E-state index contributed by atoms with van der Waals surface area (Å²) in [7, 11) is 1.38. The normalized spacial score (nSPS) is 25.2. The fraction of sp³-hybridized carbons (Fsp3) is 0.889. The number of methoxy groups -OCH3 is 1. The van der Waals surface area contributed by atoms with Crippen LogP contribution in [0.3, 0.4) is 0 Å². The first-order valence-electron chi connectivity index (χ1n) is 4.78. The van der Waals surface area contributed by atoms with Crippen LogP contribution in [0.4, 0.5) is 0 Å². The Labute approximate surface area is 78.8 Å². The van der Waals surface area contributed by atoms with Crippen molar-refractivity contribution in [3.63, 3.8) is 0 Å². The van der Waals surface area contributed by atoms with Gasteiger partial charge in [0.1, 0.15) is 6.04 Å². The molecule has 1 heterocycles. The van der Waals surface area contributed by atoms with Crippen molar-refractivity contribution in [1.82, 2.24) is 5.32 Å². The number of nitrogens with one attached hydrogen (secondary N) is 1. The molecule has 1 aliphatic rings. The Kier molecular flexibility index (Phi) is 4.18. The minimum Gasteiger partial charge on any atom is -0.468 e. The van der Waals surface area contributed by atoms with E-state index < -0.39 is 6.04 Å². The van der Waals surface area contributed by atoms with Crippen LogP contribution >= 0.6 is 0 Å². The summed E-state index contributed by atoms with van der Waals surface area (Å²) in [4.78, 5) is 11.0. The van der Waals surface area contributed by atoms with Crippen LogP contribution in [0.1, 0.15) is 19.3 Å². The molecule has 1 rings (SSSR count). The molecule has 1 aliphatic heterocycles. The number of esters is 1. The fourth-order valence-corrected chi connectivity index (χ4v) is 1.73. The zero-order valence-electron chi connectivity index (χ0n) is 8.08. The van der Waals surface area contributed by atoms with Crippen LogP contribution < -0.4 is 11.1 Å². The van der Waals surface area contributed by atoms with Crippen LogP contribution in [-0.2, 0) is 9.53 Å². The predicted molar refractivity (Wildman–Crippen MR) is 50.2 cm³/mol. The van der Waals surface area contributed by atoms with E-state index in [0.717, 1.165) is 25.9 Å². The van der Waals surface area contributed by atoms with Gasteiger partial charge in [-0.1, -0.05) is 0 Å². The van der Waals surface area contributed by atoms with Gasteiger partial charge in [-0.3, -0.25) is 4.79 Å². The topological polar surface area (TPSA) is 64.3 Å². The van der Waals surface area contributed by atoms with Gasteiger partial charge in [-0.05, 0) is 38.3 Å². The molecule has 2 unspecified atom stereocenters. The van der Waals surface area contributed by atoms with Crippen LogP contribution in [-0.4, -0.2) is 32.2 Å². The Morgan fingerprint density at radius 2 is 2.54 bits per heavy atom. The molecule has 0 aromatic carbocycles. The van der Waals surface area contributed by atoms with Crippen LogP contribution in [0, 0.1) is 5.92 Å². The van der Waals surface area contributed by atoms with Crippen molar-refractivity contribution in [3.05, 3.63) is 0 Å². The SMILES string of the molecule is COC(=O)C(N)CC1CCCNC1. The Bertz CT molecular complexity index is 167. The number of piperidine rings is 1. The van der Waals surface area contributed by atoms with Gasteiger partial charge in [-0.2, -0.15) is 0 Å². The van der Waals surface area contributed by atoms with Crippen LogP contribution in [0.25, 0.3) is 0 Å².